The van der Waals surface area contributed by atoms with Crippen molar-refractivity contribution >= 4 is 9.84 Å². The lowest BCUT2D eigenvalue weighted by molar-refractivity contribution is 0.602. The summed E-state index contributed by atoms with van der Waals surface area (Å²) in [6, 6.07) is 35.5. The van der Waals surface area contributed by atoms with E-state index in [1.54, 1.807) is 24.3 Å². The van der Waals surface area contributed by atoms with E-state index in [1.165, 1.54) is 11.8 Å². The van der Waals surface area contributed by atoms with Crippen LogP contribution in [0.5, 0.6) is 0 Å². The van der Waals surface area contributed by atoms with E-state index in [0.29, 0.717) is 5.82 Å². The Hall–Kier alpha value is -3.96. The lowest BCUT2D eigenvalue weighted by Crippen LogP contribution is -1.96. The molecule has 5 aromatic rings. The Morgan fingerprint density at radius 2 is 1.06 bits per heavy atom. The second-order valence-electron chi connectivity index (χ2n) is 7.91. The molecule has 1 N–H and O–H groups in total. The van der Waals surface area contributed by atoms with Gasteiger partial charge < -0.3 is 4.98 Å². The smallest absolute Gasteiger partial charge is 0.175 e. The molecule has 0 bridgehead atoms. The highest BCUT2D eigenvalue weighted by Gasteiger charge is 2.16. The van der Waals surface area contributed by atoms with Gasteiger partial charge in [-0.25, -0.2) is 13.4 Å². The fraction of sp³-hybridized carbons (Fsp3) is 0.0357. The molecule has 4 nitrogen and oxygen atoms in total. The molecule has 4 aromatic carbocycles. The average molecular weight is 451 g/mol. The lowest BCUT2D eigenvalue weighted by atomic mass is 10.0. The molecule has 0 saturated carbocycles. The zero-order valence-corrected chi connectivity index (χ0v) is 18.9. The minimum absolute atomic E-state index is 0.290. The van der Waals surface area contributed by atoms with Gasteiger partial charge in [-0.15, -0.1) is 0 Å². The van der Waals surface area contributed by atoms with E-state index in [2.05, 4.69) is 41.4 Å². The van der Waals surface area contributed by atoms with Crippen LogP contribution in [0.25, 0.3) is 45.0 Å². The van der Waals surface area contributed by atoms with Gasteiger partial charge in [0.2, 0.25) is 0 Å². The highest BCUT2D eigenvalue weighted by Crippen LogP contribution is 2.34. The number of benzene rings is 4. The van der Waals surface area contributed by atoms with Gasteiger partial charge >= 0.3 is 0 Å². The highest BCUT2D eigenvalue weighted by molar-refractivity contribution is 7.90. The first-order valence-electron chi connectivity index (χ1n) is 10.6. The van der Waals surface area contributed by atoms with Gasteiger partial charge in [-0.2, -0.15) is 0 Å². The average Bonchev–Trinajstić information content (AvgIpc) is 3.30. The SMILES string of the molecule is CS(=O)(=O)c1ccc(-c2nc(-c3ccccc3)c(-c3ccc(-c4ccccc4)cc3)[nH]2)cc1. The molecule has 1 aromatic heterocycles. The van der Waals surface area contributed by atoms with E-state index in [-0.39, 0.29) is 4.90 Å². The molecule has 0 aliphatic rings. The van der Waals surface area contributed by atoms with E-state index in [9.17, 15) is 8.42 Å². The Morgan fingerprint density at radius 3 is 1.64 bits per heavy atom. The van der Waals surface area contributed by atoms with Crippen molar-refractivity contribution in [1.29, 1.82) is 0 Å². The summed E-state index contributed by atoms with van der Waals surface area (Å²) in [6.07, 6.45) is 1.21. The van der Waals surface area contributed by atoms with Crippen LogP contribution in [0.15, 0.2) is 114 Å². The van der Waals surface area contributed by atoms with Crippen molar-refractivity contribution in [3.8, 4) is 45.0 Å². The predicted molar refractivity (Wildman–Crippen MR) is 133 cm³/mol. The standard InChI is InChI=1S/C28H22N2O2S/c1-33(31,32)25-18-16-24(17-19-25)28-29-26(22-10-6-3-7-11-22)27(30-28)23-14-12-21(13-15-23)20-8-4-2-5-9-20/h2-19H,1H3,(H,29,30). The molecule has 0 unspecified atom stereocenters. The Morgan fingerprint density at radius 1 is 0.576 bits per heavy atom. The van der Waals surface area contributed by atoms with Crippen molar-refractivity contribution in [2.45, 2.75) is 4.90 Å². The maximum Gasteiger partial charge on any atom is 0.175 e. The summed E-state index contributed by atoms with van der Waals surface area (Å²) < 4.78 is 23.6. The molecular weight excluding hydrogens is 428 g/mol. The number of imidazole rings is 1. The van der Waals surface area contributed by atoms with Gasteiger partial charge in [0.25, 0.3) is 0 Å². The third-order valence-electron chi connectivity index (χ3n) is 5.59. The Bertz CT molecular complexity index is 1490. The molecule has 1 heterocycles. The maximum absolute atomic E-state index is 11.8. The van der Waals surface area contributed by atoms with Crippen LogP contribution in [0.2, 0.25) is 0 Å². The second-order valence-corrected chi connectivity index (χ2v) is 9.93. The maximum atomic E-state index is 11.8. The van der Waals surface area contributed by atoms with Crippen LogP contribution in [0.4, 0.5) is 0 Å². The first kappa shape index (κ1) is 20.9. The summed E-state index contributed by atoms with van der Waals surface area (Å²) in [5.74, 6) is 0.691. The van der Waals surface area contributed by atoms with Gasteiger partial charge in [0, 0.05) is 22.9 Å². The molecule has 5 rings (SSSR count). The molecule has 0 saturated heterocycles. The topological polar surface area (TPSA) is 62.8 Å². The van der Waals surface area contributed by atoms with Crippen molar-refractivity contribution < 1.29 is 8.42 Å². The fourth-order valence-electron chi connectivity index (χ4n) is 3.84. The van der Waals surface area contributed by atoms with E-state index < -0.39 is 9.84 Å². The molecule has 0 aliphatic carbocycles. The third kappa shape index (κ3) is 4.36. The van der Waals surface area contributed by atoms with Gasteiger partial charge in [0.15, 0.2) is 9.84 Å². The Labute approximate surface area is 193 Å². The number of nitrogens with zero attached hydrogens (tertiary/aromatic N) is 1. The second kappa shape index (κ2) is 8.52. The Balaban J connectivity index is 1.59. The quantitative estimate of drug-likeness (QED) is 0.333. The van der Waals surface area contributed by atoms with E-state index >= 15 is 0 Å². The molecule has 0 aliphatic heterocycles. The number of hydrogen-bond donors (Lipinski definition) is 1. The number of aromatic amines is 1. The van der Waals surface area contributed by atoms with E-state index in [0.717, 1.165) is 33.6 Å². The molecule has 33 heavy (non-hydrogen) atoms. The van der Waals surface area contributed by atoms with E-state index in [4.69, 9.17) is 4.98 Å². The van der Waals surface area contributed by atoms with Crippen LogP contribution < -0.4 is 0 Å². The zero-order valence-electron chi connectivity index (χ0n) is 18.1. The van der Waals surface area contributed by atoms with Crippen molar-refractivity contribution in [3.05, 3.63) is 109 Å². The number of nitrogens with one attached hydrogen (secondary N) is 1. The molecule has 0 radical (unpaired) electrons. The summed E-state index contributed by atoms with van der Waals surface area (Å²) in [6.45, 7) is 0. The van der Waals surface area contributed by atoms with Gasteiger partial charge in [-0.1, -0.05) is 84.9 Å². The summed E-state index contributed by atoms with van der Waals surface area (Å²) in [7, 11) is -3.25. The normalized spacial score (nSPS) is 11.4. The molecule has 5 heteroatoms. The number of sulfone groups is 1. The zero-order chi connectivity index (χ0) is 22.8. The van der Waals surface area contributed by atoms with Gasteiger partial charge in [-0.3, -0.25) is 0 Å². The van der Waals surface area contributed by atoms with Crippen molar-refractivity contribution in [2.24, 2.45) is 0 Å². The van der Waals surface area contributed by atoms with Crippen LogP contribution >= 0.6 is 0 Å². The van der Waals surface area contributed by atoms with E-state index in [1.807, 2.05) is 48.5 Å². The van der Waals surface area contributed by atoms with Crippen molar-refractivity contribution in [1.82, 2.24) is 9.97 Å². The lowest BCUT2D eigenvalue weighted by Gasteiger charge is -2.06. The Kier molecular flexibility index (Phi) is 5.40. The minimum Gasteiger partial charge on any atom is -0.337 e. The van der Waals surface area contributed by atoms with Crippen LogP contribution in [0, 0.1) is 0 Å². The largest absolute Gasteiger partial charge is 0.337 e. The summed E-state index contributed by atoms with van der Waals surface area (Å²) >= 11 is 0. The first-order valence-corrected chi connectivity index (χ1v) is 12.5. The molecule has 0 fully saturated rings. The van der Waals surface area contributed by atoms with Gasteiger partial charge in [0.05, 0.1) is 16.3 Å². The highest BCUT2D eigenvalue weighted by atomic mass is 32.2. The fourth-order valence-corrected chi connectivity index (χ4v) is 4.47. The monoisotopic (exact) mass is 450 g/mol. The van der Waals surface area contributed by atoms with Crippen LogP contribution in [0.3, 0.4) is 0 Å². The summed E-state index contributed by atoms with van der Waals surface area (Å²) in [5.41, 5.74) is 6.95. The van der Waals surface area contributed by atoms with Crippen molar-refractivity contribution in [2.75, 3.05) is 6.26 Å². The first-order chi connectivity index (χ1) is 16.0. The molecule has 0 amide bonds. The van der Waals surface area contributed by atoms with Gasteiger partial charge in [-0.05, 0) is 35.4 Å². The van der Waals surface area contributed by atoms with Crippen molar-refractivity contribution in [3.63, 3.8) is 0 Å². The van der Waals surface area contributed by atoms with Crippen LogP contribution in [-0.4, -0.2) is 24.6 Å². The van der Waals surface area contributed by atoms with Crippen LogP contribution in [0.1, 0.15) is 0 Å². The molecular formula is C28H22N2O2S. The van der Waals surface area contributed by atoms with Gasteiger partial charge in [0.1, 0.15) is 5.82 Å². The molecule has 162 valence electrons. The number of hydrogen-bond acceptors (Lipinski definition) is 3. The summed E-state index contributed by atoms with van der Waals surface area (Å²) in [4.78, 5) is 8.65. The number of aromatic nitrogens is 2. The molecule has 0 spiro atoms. The molecule has 0 atom stereocenters. The van der Waals surface area contributed by atoms with Crippen LogP contribution in [-0.2, 0) is 9.84 Å². The summed E-state index contributed by atoms with van der Waals surface area (Å²) in [5, 5.41) is 0. The number of H-pyrrole nitrogens is 1. The third-order valence-corrected chi connectivity index (χ3v) is 6.72. The predicted octanol–water partition coefficient (Wildman–Crippen LogP) is 6.48. The number of rotatable bonds is 5. The minimum atomic E-state index is -3.25.